The van der Waals surface area contributed by atoms with Crippen molar-refractivity contribution < 1.29 is 4.74 Å². The molecule has 4 heterocycles. The van der Waals surface area contributed by atoms with E-state index >= 15 is 0 Å². The lowest BCUT2D eigenvalue weighted by Crippen LogP contribution is -2.49. The molecule has 0 saturated carbocycles. The fourth-order valence-electron chi connectivity index (χ4n) is 3.65. The number of pyridine rings is 1. The van der Waals surface area contributed by atoms with E-state index in [1.165, 1.54) is 12.8 Å². The molecule has 2 aliphatic heterocycles. The van der Waals surface area contributed by atoms with Crippen LogP contribution in [0.3, 0.4) is 0 Å². The highest BCUT2D eigenvalue weighted by molar-refractivity contribution is 5.72. The van der Waals surface area contributed by atoms with Gasteiger partial charge < -0.3 is 14.6 Å². The lowest BCUT2D eigenvalue weighted by molar-refractivity contribution is 0.0115. The minimum atomic E-state index is 0.689. The molecule has 6 nitrogen and oxygen atoms in total. The van der Waals surface area contributed by atoms with Gasteiger partial charge in [0.1, 0.15) is 5.82 Å². The Labute approximate surface area is 136 Å². The molecule has 0 spiro atoms. The first kappa shape index (κ1) is 14.7. The van der Waals surface area contributed by atoms with Gasteiger partial charge in [-0.15, -0.1) is 0 Å². The first-order chi connectivity index (χ1) is 11.4. The second-order valence-corrected chi connectivity index (χ2v) is 6.21. The first-order valence-electron chi connectivity index (χ1n) is 8.42. The van der Waals surface area contributed by atoms with Crippen molar-refractivity contribution in [1.82, 2.24) is 19.9 Å². The number of morpholine rings is 1. The Balaban J connectivity index is 1.46. The molecule has 2 aliphatic rings. The van der Waals surface area contributed by atoms with Gasteiger partial charge in [0, 0.05) is 44.0 Å². The summed E-state index contributed by atoms with van der Waals surface area (Å²) in [7, 11) is 0. The van der Waals surface area contributed by atoms with Gasteiger partial charge in [-0.2, -0.15) is 0 Å². The molecule has 2 saturated heterocycles. The van der Waals surface area contributed by atoms with Crippen LogP contribution < -0.4 is 4.90 Å². The second-order valence-electron chi connectivity index (χ2n) is 6.21. The maximum absolute atomic E-state index is 5.47. The monoisotopic (exact) mass is 313 g/mol. The molecule has 2 aromatic rings. The summed E-state index contributed by atoms with van der Waals surface area (Å²) in [6, 6.07) is 4.79. The van der Waals surface area contributed by atoms with E-state index < -0.39 is 0 Å². The Kier molecular flexibility index (Phi) is 4.26. The van der Waals surface area contributed by atoms with E-state index in [0.29, 0.717) is 6.04 Å². The van der Waals surface area contributed by atoms with Gasteiger partial charge in [-0.25, -0.2) is 9.97 Å². The zero-order chi connectivity index (χ0) is 15.5. The van der Waals surface area contributed by atoms with Gasteiger partial charge in [0.25, 0.3) is 0 Å². The number of imidazole rings is 1. The highest BCUT2D eigenvalue weighted by atomic mass is 16.5. The topological polar surface area (TPSA) is 57.3 Å². The van der Waals surface area contributed by atoms with Crippen molar-refractivity contribution in [1.29, 1.82) is 0 Å². The number of ether oxygens (including phenoxy) is 1. The third-order valence-electron chi connectivity index (χ3n) is 4.90. The molecule has 2 aromatic heterocycles. The summed E-state index contributed by atoms with van der Waals surface area (Å²) >= 11 is 0. The zero-order valence-corrected chi connectivity index (χ0v) is 13.3. The number of nitrogens with zero attached hydrogens (tertiary/aromatic N) is 4. The first-order valence-corrected chi connectivity index (χ1v) is 8.42. The van der Waals surface area contributed by atoms with Crippen molar-refractivity contribution in [3.05, 3.63) is 30.9 Å². The van der Waals surface area contributed by atoms with E-state index in [4.69, 9.17) is 4.74 Å². The number of hydrogen-bond acceptors (Lipinski definition) is 5. The lowest BCUT2D eigenvalue weighted by atomic mass is 10.0. The molecular formula is C17H23N5O. The van der Waals surface area contributed by atoms with Crippen molar-refractivity contribution in [2.24, 2.45) is 0 Å². The van der Waals surface area contributed by atoms with Gasteiger partial charge in [-0.1, -0.05) is 0 Å². The van der Waals surface area contributed by atoms with E-state index in [1.54, 1.807) is 6.33 Å². The summed E-state index contributed by atoms with van der Waals surface area (Å²) in [5.74, 6) is 1.07. The summed E-state index contributed by atoms with van der Waals surface area (Å²) < 4.78 is 5.47. The molecule has 6 heteroatoms. The van der Waals surface area contributed by atoms with Crippen LogP contribution in [0.5, 0.6) is 0 Å². The number of aromatic amines is 1. The molecule has 4 rings (SSSR count). The molecule has 122 valence electrons. The SMILES string of the molecule is c1cnc(N2CCC(N3CCOCC3)CC2)c(-c2cnc[nH]2)c1. The minimum Gasteiger partial charge on any atom is -0.379 e. The number of H-pyrrole nitrogens is 1. The van der Waals surface area contributed by atoms with Gasteiger partial charge in [0.05, 0.1) is 31.4 Å². The summed E-state index contributed by atoms with van der Waals surface area (Å²) in [4.78, 5) is 17.0. The Morgan fingerprint density at radius 1 is 1.13 bits per heavy atom. The van der Waals surface area contributed by atoms with Crippen LogP contribution in [0.25, 0.3) is 11.3 Å². The van der Waals surface area contributed by atoms with Crippen molar-refractivity contribution in [2.75, 3.05) is 44.3 Å². The molecule has 0 bridgehead atoms. The van der Waals surface area contributed by atoms with Crippen molar-refractivity contribution >= 4 is 5.82 Å². The molecule has 0 unspecified atom stereocenters. The standard InChI is InChI=1S/C17H23N5O/c1-2-15(16-12-18-13-20-16)17(19-5-1)22-6-3-14(4-7-22)21-8-10-23-11-9-21/h1-2,5,12-14H,3-4,6-11H2,(H,18,20). The largest absolute Gasteiger partial charge is 0.379 e. The maximum Gasteiger partial charge on any atom is 0.137 e. The van der Waals surface area contributed by atoms with E-state index in [0.717, 1.165) is 56.5 Å². The fourth-order valence-corrected chi connectivity index (χ4v) is 3.65. The van der Waals surface area contributed by atoms with Crippen LogP contribution in [-0.2, 0) is 4.74 Å². The number of aromatic nitrogens is 3. The van der Waals surface area contributed by atoms with Crippen molar-refractivity contribution in [3.8, 4) is 11.3 Å². The Bertz CT molecular complexity index is 616. The Morgan fingerprint density at radius 2 is 1.96 bits per heavy atom. The van der Waals surface area contributed by atoms with Crippen molar-refractivity contribution in [3.63, 3.8) is 0 Å². The molecule has 2 fully saturated rings. The van der Waals surface area contributed by atoms with Crippen molar-refractivity contribution in [2.45, 2.75) is 18.9 Å². The van der Waals surface area contributed by atoms with Crippen LogP contribution in [-0.4, -0.2) is 65.3 Å². The molecular weight excluding hydrogens is 290 g/mol. The van der Waals surface area contributed by atoms with E-state index in [2.05, 4.69) is 30.8 Å². The number of anilines is 1. The third kappa shape index (κ3) is 3.09. The number of rotatable bonds is 3. The predicted octanol–water partition coefficient (Wildman–Crippen LogP) is 1.77. The number of piperidine rings is 1. The van der Waals surface area contributed by atoms with Crippen LogP contribution in [0, 0.1) is 0 Å². The molecule has 0 atom stereocenters. The molecule has 23 heavy (non-hydrogen) atoms. The zero-order valence-electron chi connectivity index (χ0n) is 13.3. The highest BCUT2D eigenvalue weighted by Crippen LogP contribution is 2.29. The predicted molar refractivity (Wildman–Crippen MR) is 89.4 cm³/mol. The van der Waals surface area contributed by atoms with Gasteiger partial charge >= 0.3 is 0 Å². The van der Waals surface area contributed by atoms with E-state index in [-0.39, 0.29) is 0 Å². The second kappa shape index (κ2) is 6.68. The number of nitrogens with one attached hydrogen (secondary N) is 1. The van der Waals surface area contributed by atoms with Gasteiger partial charge in [-0.3, -0.25) is 4.90 Å². The summed E-state index contributed by atoms with van der Waals surface area (Å²) in [6.45, 7) is 6.02. The molecule has 0 aromatic carbocycles. The smallest absolute Gasteiger partial charge is 0.137 e. The fraction of sp³-hybridized carbons (Fsp3) is 0.529. The summed E-state index contributed by atoms with van der Waals surface area (Å²) in [5, 5.41) is 0. The Morgan fingerprint density at radius 3 is 2.70 bits per heavy atom. The summed E-state index contributed by atoms with van der Waals surface area (Å²) in [6.07, 6.45) is 7.85. The highest BCUT2D eigenvalue weighted by Gasteiger charge is 2.27. The molecule has 0 aliphatic carbocycles. The van der Waals surface area contributed by atoms with E-state index in [1.807, 2.05) is 18.5 Å². The molecule has 1 N–H and O–H groups in total. The normalized spacial score (nSPS) is 20.8. The number of hydrogen-bond donors (Lipinski definition) is 1. The lowest BCUT2D eigenvalue weighted by Gasteiger charge is -2.40. The average molecular weight is 313 g/mol. The molecule has 0 amide bonds. The van der Waals surface area contributed by atoms with Crippen LogP contribution in [0.4, 0.5) is 5.82 Å². The Hall–Kier alpha value is -1.92. The van der Waals surface area contributed by atoms with Crippen LogP contribution >= 0.6 is 0 Å². The maximum atomic E-state index is 5.47. The summed E-state index contributed by atoms with van der Waals surface area (Å²) in [5.41, 5.74) is 2.17. The quantitative estimate of drug-likeness (QED) is 0.936. The van der Waals surface area contributed by atoms with E-state index in [9.17, 15) is 0 Å². The molecule has 0 radical (unpaired) electrons. The van der Waals surface area contributed by atoms with Crippen LogP contribution in [0.2, 0.25) is 0 Å². The van der Waals surface area contributed by atoms with Crippen LogP contribution in [0.1, 0.15) is 12.8 Å². The van der Waals surface area contributed by atoms with Gasteiger partial charge in [0.2, 0.25) is 0 Å². The van der Waals surface area contributed by atoms with Gasteiger partial charge in [-0.05, 0) is 25.0 Å². The van der Waals surface area contributed by atoms with Gasteiger partial charge in [0.15, 0.2) is 0 Å². The minimum absolute atomic E-state index is 0.689. The third-order valence-corrected chi connectivity index (χ3v) is 4.90. The van der Waals surface area contributed by atoms with Crippen LogP contribution in [0.15, 0.2) is 30.9 Å². The average Bonchev–Trinajstić information content (AvgIpc) is 3.17.